The van der Waals surface area contributed by atoms with E-state index in [1.54, 1.807) is 55.6 Å². The van der Waals surface area contributed by atoms with Gasteiger partial charge in [0.1, 0.15) is 28.3 Å². The second-order valence-electron chi connectivity index (χ2n) is 8.54. The van der Waals surface area contributed by atoms with Crippen LogP contribution in [0.4, 0.5) is 5.69 Å². The molecule has 0 aliphatic carbocycles. The van der Waals surface area contributed by atoms with E-state index in [4.69, 9.17) is 56.2 Å². The number of halogens is 3. The molecule has 0 radical (unpaired) electrons. The van der Waals surface area contributed by atoms with Crippen molar-refractivity contribution in [2.24, 2.45) is 0 Å². The lowest BCUT2D eigenvalue weighted by atomic mass is 10.2. The summed E-state index contributed by atoms with van der Waals surface area (Å²) in [7, 11) is 1.55. The number of anilines is 1. The zero-order chi connectivity index (χ0) is 28.4. The Bertz CT molecular complexity index is 1800. The van der Waals surface area contributed by atoms with Crippen molar-refractivity contribution in [1.82, 2.24) is 20.3 Å². The smallest absolute Gasteiger partial charge is 0.250 e. The van der Waals surface area contributed by atoms with Gasteiger partial charge in [-0.1, -0.05) is 40.9 Å². The van der Waals surface area contributed by atoms with Gasteiger partial charge in [-0.2, -0.15) is 4.80 Å². The average Bonchev–Trinajstić information content (AvgIpc) is 3.56. The Morgan fingerprint density at radius 1 is 1.02 bits per heavy atom. The average molecular weight is 613 g/mol. The van der Waals surface area contributed by atoms with Gasteiger partial charge in [-0.15, -0.1) is 10.2 Å². The van der Waals surface area contributed by atoms with E-state index in [1.165, 1.54) is 16.9 Å². The monoisotopic (exact) mass is 611 g/mol. The van der Waals surface area contributed by atoms with Gasteiger partial charge in [0.25, 0.3) is 0 Å². The molecule has 8 nitrogen and oxygen atoms in total. The number of hydrogen-bond acceptors (Lipinski definition) is 6. The number of amides is 1. The molecule has 0 saturated carbocycles. The molecular weight excluding hydrogens is 593 g/mol. The first-order valence-corrected chi connectivity index (χ1v) is 13.3. The summed E-state index contributed by atoms with van der Waals surface area (Å²) in [6.07, 6.45) is 2.85. The number of hydrogen-bond donors (Lipinski definition) is 2. The van der Waals surface area contributed by atoms with Crippen LogP contribution in [0.25, 0.3) is 34.1 Å². The summed E-state index contributed by atoms with van der Waals surface area (Å²) >= 11 is 23.9. The zero-order valence-corrected chi connectivity index (χ0v) is 24.1. The highest BCUT2D eigenvalue weighted by Crippen LogP contribution is 2.34. The maximum atomic E-state index is 12.5. The lowest BCUT2D eigenvalue weighted by Gasteiger charge is -2.10. The first-order chi connectivity index (χ1) is 19.2. The summed E-state index contributed by atoms with van der Waals surface area (Å²) in [6.45, 7) is 1.90. The third kappa shape index (κ3) is 5.97. The number of carbonyl (C=O) groups is 1. The number of aryl methyl sites for hydroxylation is 1. The number of benzene rings is 3. The van der Waals surface area contributed by atoms with Gasteiger partial charge in [-0.3, -0.25) is 10.1 Å². The van der Waals surface area contributed by atoms with Crippen molar-refractivity contribution < 1.29 is 13.9 Å². The van der Waals surface area contributed by atoms with Crippen molar-refractivity contribution in [3.05, 3.63) is 93.1 Å². The first-order valence-electron chi connectivity index (χ1n) is 11.8. The van der Waals surface area contributed by atoms with Crippen LogP contribution in [0, 0.1) is 6.92 Å². The van der Waals surface area contributed by atoms with Crippen molar-refractivity contribution in [1.29, 1.82) is 0 Å². The van der Waals surface area contributed by atoms with Crippen LogP contribution >= 0.6 is 47.0 Å². The van der Waals surface area contributed by atoms with Crippen LogP contribution < -0.4 is 15.4 Å². The highest BCUT2D eigenvalue weighted by Gasteiger charge is 2.13. The fraction of sp³-hybridized carbons (Fsp3) is 0.0714. The van der Waals surface area contributed by atoms with E-state index in [0.29, 0.717) is 60.3 Å². The SMILES string of the molecule is COc1ccc(-n2nc3cc(C)c(NC(=S)NC(=O)C=Cc4ccc(-c5cccc(Cl)c5Cl)o4)cc3n2)cc1Cl. The van der Waals surface area contributed by atoms with Crippen molar-refractivity contribution >= 4 is 80.8 Å². The molecule has 2 aromatic heterocycles. The van der Waals surface area contributed by atoms with E-state index in [9.17, 15) is 4.79 Å². The largest absolute Gasteiger partial charge is 0.495 e. The molecule has 0 aliphatic rings. The quantitative estimate of drug-likeness (QED) is 0.152. The van der Waals surface area contributed by atoms with Gasteiger partial charge in [0.05, 0.1) is 27.9 Å². The van der Waals surface area contributed by atoms with Crippen LogP contribution in [-0.4, -0.2) is 33.1 Å². The Hall–Kier alpha value is -3.89. The molecule has 2 N–H and O–H groups in total. The van der Waals surface area contributed by atoms with Gasteiger partial charge in [-0.25, -0.2) is 0 Å². The van der Waals surface area contributed by atoms with Crippen LogP contribution in [0.1, 0.15) is 11.3 Å². The zero-order valence-electron chi connectivity index (χ0n) is 21.0. The molecule has 3 aromatic carbocycles. The molecule has 202 valence electrons. The third-order valence-corrected chi connectivity index (χ3v) is 7.14. The summed E-state index contributed by atoms with van der Waals surface area (Å²) in [6, 6.07) is 17.7. The number of rotatable bonds is 6. The molecule has 5 rings (SSSR count). The first kappa shape index (κ1) is 27.7. The number of carbonyl (C=O) groups excluding carboxylic acids is 1. The normalized spacial score (nSPS) is 11.2. The Morgan fingerprint density at radius 3 is 2.55 bits per heavy atom. The second kappa shape index (κ2) is 11.7. The van der Waals surface area contributed by atoms with E-state index in [2.05, 4.69) is 20.8 Å². The number of thiocarbonyl (C=S) groups is 1. The van der Waals surface area contributed by atoms with Crippen LogP contribution in [0.15, 0.2) is 71.2 Å². The molecule has 12 heteroatoms. The maximum absolute atomic E-state index is 12.5. The molecule has 1 amide bonds. The van der Waals surface area contributed by atoms with Crippen molar-refractivity contribution in [2.45, 2.75) is 6.92 Å². The number of methoxy groups -OCH3 is 1. The van der Waals surface area contributed by atoms with Crippen molar-refractivity contribution in [2.75, 3.05) is 12.4 Å². The second-order valence-corrected chi connectivity index (χ2v) is 10.1. The molecule has 40 heavy (non-hydrogen) atoms. The lowest BCUT2D eigenvalue weighted by Crippen LogP contribution is -2.33. The topological polar surface area (TPSA) is 94.2 Å². The Labute approximate surface area is 249 Å². The maximum Gasteiger partial charge on any atom is 0.250 e. The number of nitrogens with one attached hydrogen (secondary N) is 2. The summed E-state index contributed by atoms with van der Waals surface area (Å²) in [5, 5.41) is 16.1. The Morgan fingerprint density at radius 2 is 1.80 bits per heavy atom. The predicted molar refractivity (Wildman–Crippen MR) is 163 cm³/mol. The predicted octanol–water partition coefficient (Wildman–Crippen LogP) is 7.48. The summed E-state index contributed by atoms with van der Waals surface area (Å²) < 4.78 is 11.0. The molecule has 5 aromatic rings. The van der Waals surface area contributed by atoms with E-state index in [-0.39, 0.29) is 5.11 Å². The van der Waals surface area contributed by atoms with Crippen molar-refractivity contribution in [3.63, 3.8) is 0 Å². The van der Waals surface area contributed by atoms with Gasteiger partial charge in [0.2, 0.25) is 5.91 Å². The standard InChI is InChI=1S/C28H20Cl3N5O3S/c1-15-12-22-23(35-36(34-22)16-6-9-25(38-2)20(30)13-16)14-21(15)32-28(40)33-26(37)11-8-17-7-10-24(39-17)18-4-3-5-19(29)27(18)31/h3-14H,1-2H3,(H2,32,33,37,40). The van der Waals surface area contributed by atoms with E-state index >= 15 is 0 Å². The van der Waals surface area contributed by atoms with E-state index < -0.39 is 5.91 Å². The molecule has 0 fully saturated rings. The third-order valence-electron chi connectivity index (χ3n) is 5.82. The van der Waals surface area contributed by atoms with E-state index in [1.807, 2.05) is 19.1 Å². The lowest BCUT2D eigenvalue weighted by molar-refractivity contribution is -0.115. The molecule has 0 saturated heterocycles. The van der Waals surface area contributed by atoms with Crippen LogP contribution in [0.5, 0.6) is 5.75 Å². The van der Waals surface area contributed by atoms with Crippen molar-refractivity contribution in [3.8, 4) is 22.8 Å². The van der Waals surface area contributed by atoms with Gasteiger partial charge < -0.3 is 14.5 Å². The number of aromatic nitrogens is 3. The summed E-state index contributed by atoms with van der Waals surface area (Å²) in [5.74, 6) is 1.12. The highest BCUT2D eigenvalue weighted by molar-refractivity contribution is 7.80. The minimum atomic E-state index is -0.433. The minimum Gasteiger partial charge on any atom is -0.495 e. The fourth-order valence-corrected chi connectivity index (χ4v) is 4.70. The summed E-state index contributed by atoms with van der Waals surface area (Å²) in [5.41, 5.74) is 4.19. The number of nitrogens with zero attached hydrogens (tertiary/aromatic N) is 3. The molecule has 0 spiro atoms. The molecule has 2 heterocycles. The molecule has 0 atom stereocenters. The number of furan rings is 1. The minimum absolute atomic E-state index is 0.122. The highest BCUT2D eigenvalue weighted by atomic mass is 35.5. The Kier molecular flexibility index (Phi) is 8.09. The van der Waals surface area contributed by atoms with E-state index in [0.717, 1.165) is 5.56 Å². The molecule has 0 bridgehead atoms. The molecule has 0 unspecified atom stereocenters. The van der Waals surface area contributed by atoms with Gasteiger partial charge in [0, 0.05) is 17.3 Å². The van der Waals surface area contributed by atoms with Crippen LogP contribution in [0.3, 0.4) is 0 Å². The van der Waals surface area contributed by atoms with Gasteiger partial charge >= 0.3 is 0 Å². The number of fused-ring (bicyclic) bond motifs is 1. The van der Waals surface area contributed by atoms with Crippen LogP contribution in [-0.2, 0) is 4.79 Å². The van der Waals surface area contributed by atoms with Crippen LogP contribution in [0.2, 0.25) is 15.1 Å². The molecule has 0 aliphatic heterocycles. The fourth-order valence-electron chi connectivity index (χ4n) is 3.84. The number of ether oxygens (including phenoxy) is 1. The molecular formula is C28H20Cl3N5O3S. The van der Waals surface area contributed by atoms with Gasteiger partial charge in [-0.05, 0) is 85.4 Å². The summed E-state index contributed by atoms with van der Waals surface area (Å²) in [4.78, 5) is 14.0. The van der Waals surface area contributed by atoms with Gasteiger partial charge in [0.15, 0.2) is 5.11 Å². The Balaban J connectivity index is 1.24.